The van der Waals surface area contributed by atoms with Crippen LogP contribution in [0.5, 0.6) is 11.5 Å². The van der Waals surface area contributed by atoms with E-state index in [1.807, 2.05) is 18.2 Å². The molecule has 0 amide bonds. The lowest BCUT2D eigenvalue weighted by Crippen LogP contribution is -2.27. The van der Waals surface area contributed by atoms with Gasteiger partial charge in [-0.25, -0.2) is 0 Å². The van der Waals surface area contributed by atoms with E-state index in [0.29, 0.717) is 28.7 Å². The molecular formula is C23H21ClN2O4S. The highest BCUT2D eigenvalue weighted by Gasteiger charge is 2.37. The van der Waals surface area contributed by atoms with Gasteiger partial charge in [0.1, 0.15) is 0 Å². The van der Waals surface area contributed by atoms with Crippen LogP contribution >= 0.6 is 11.6 Å². The Labute approximate surface area is 186 Å². The van der Waals surface area contributed by atoms with Crippen LogP contribution in [0.2, 0.25) is 5.02 Å². The van der Waals surface area contributed by atoms with Gasteiger partial charge in [-0.1, -0.05) is 41.9 Å². The van der Waals surface area contributed by atoms with Crippen LogP contribution in [-0.2, 0) is 10.0 Å². The summed E-state index contributed by atoms with van der Waals surface area (Å²) in [6.07, 6.45) is 0.406. The maximum atomic E-state index is 13.4. The number of halogens is 1. The van der Waals surface area contributed by atoms with Gasteiger partial charge in [0.05, 0.1) is 30.9 Å². The molecule has 1 heterocycles. The second-order valence-electron chi connectivity index (χ2n) is 6.98. The molecule has 6 nitrogen and oxygen atoms in total. The summed E-state index contributed by atoms with van der Waals surface area (Å²) < 4.78 is 38.8. The number of hydrazone groups is 1. The maximum Gasteiger partial charge on any atom is 0.279 e. The zero-order valence-corrected chi connectivity index (χ0v) is 18.6. The van der Waals surface area contributed by atoms with Crippen LogP contribution in [0.25, 0.3) is 0 Å². The highest BCUT2D eigenvalue weighted by molar-refractivity contribution is 7.89. The summed E-state index contributed by atoms with van der Waals surface area (Å²) in [6, 6.07) is 20.4. The van der Waals surface area contributed by atoms with Gasteiger partial charge >= 0.3 is 0 Å². The smallest absolute Gasteiger partial charge is 0.279 e. The van der Waals surface area contributed by atoms with Crippen LogP contribution in [0.1, 0.15) is 23.6 Å². The Morgan fingerprint density at radius 2 is 1.61 bits per heavy atom. The first-order chi connectivity index (χ1) is 14.9. The first kappa shape index (κ1) is 21.2. The van der Waals surface area contributed by atoms with Crippen LogP contribution in [0.15, 0.2) is 82.8 Å². The molecule has 8 heteroatoms. The predicted octanol–water partition coefficient (Wildman–Crippen LogP) is 4.90. The van der Waals surface area contributed by atoms with Gasteiger partial charge in [-0.2, -0.15) is 17.9 Å². The molecule has 1 atom stereocenters. The average Bonchev–Trinajstić information content (AvgIpc) is 3.26. The fourth-order valence-corrected chi connectivity index (χ4v) is 5.11. The Morgan fingerprint density at radius 3 is 2.26 bits per heavy atom. The number of nitrogens with zero attached hydrogens (tertiary/aromatic N) is 2. The minimum Gasteiger partial charge on any atom is -0.493 e. The van der Waals surface area contributed by atoms with Gasteiger partial charge in [-0.05, 0) is 48.0 Å². The number of hydrogen-bond acceptors (Lipinski definition) is 5. The second-order valence-corrected chi connectivity index (χ2v) is 9.21. The number of rotatable bonds is 6. The van der Waals surface area contributed by atoms with Crippen molar-refractivity contribution in [2.75, 3.05) is 14.2 Å². The van der Waals surface area contributed by atoms with Gasteiger partial charge in [-0.15, -0.1) is 0 Å². The molecule has 3 aromatic carbocycles. The molecule has 0 radical (unpaired) electrons. The Bertz CT molecular complexity index is 1210. The fraction of sp³-hybridized carbons (Fsp3) is 0.174. The van der Waals surface area contributed by atoms with Crippen LogP contribution < -0.4 is 9.47 Å². The Kier molecular flexibility index (Phi) is 5.89. The molecule has 0 fully saturated rings. The van der Waals surface area contributed by atoms with Gasteiger partial charge in [0.15, 0.2) is 11.5 Å². The summed E-state index contributed by atoms with van der Waals surface area (Å²) in [7, 11) is -0.738. The summed E-state index contributed by atoms with van der Waals surface area (Å²) in [5.41, 5.74) is 2.21. The molecule has 0 saturated carbocycles. The zero-order chi connectivity index (χ0) is 22.0. The van der Waals surface area contributed by atoms with Gasteiger partial charge in [0.2, 0.25) is 0 Å². The largest absolute Gasteiger partial charge is 0.493 e. The molecule has 1 aliphatic rings. The van der Waals surface area contributed by atoms with E-state index in [0.717, 1.165) is 11.1 Å². The van der Waals surface area contributed by atoms with Crippen molar-refractivity contribution in [2.45, 2.75) is 17.4 Å². The van der Waals surface area contributed by atoms with E-state index < -0.39 is 16.1 Å². The molecule has 0 saturated heterocycles. The highest BCUT2D eigenvalue weighted by atomic mass is 35.5. The van der Waals surface area contributed by atoms with Gasteiger partial charge in [0.25, 0.3) is 10.0 Å². The SMILES string of the molecule is COc1ccc(C2=NN(S(=O)(=O)c3ccccc3)C(c3ccc(Cl)cc3)C2)cc1OC. The lowest BCUT2D eigenvalue weighted by atomic mass is 9.99. The molecule has 31 heavy (non-hydrogen) atoms. The number of benzene rings is 3. The van der Waals surface area contributed by atoms with Crippen molar-refractivity contribution >= 4 is 27.3 Å². The molecule has 0 aliphatic carbocycles. The molecule has 0 spiro atoms. The third-order valence-corrected chi connectivity index (χ3v) is 7.08. The topological polar surface area (TPSA) is 68.2 Å². The molecule has 4 rings (SSSR count). The van der Waals surface area contributed by atoms with E-state index in [9.17, 15) is 8.42 Å². The minimum absolute atomic E-state index is 0.186. The number of sulfonamides is 1. The first-order valence-corrected chi connectivity index (χ1v) is 11.4. The van der Waals surface area contributed by atoms with Crippen molar-refractivity contribution in [2.24, 2.45) is 5.10 Å². The number of hydrogen-bond donors (Lipinski definition) is 0. The molecule has 0 N–H and O–H groups in total. The van der Waals surface area contributed by atoms with E-state index in [1.54, 1.807) is 68.8 Å². The Morgan fingerprint density at radius 1 is 0.935 bits per heavy atom. The molecule has 160 valence electrons. The third kappa shape index (κ3) is 4.11. The normalized spacial score (nSPS) is 16.2. The summed E-state index contributed by atoms with van der Waals surface area (Å²) in [5.74, 6) is 1.14. The fourth-order valence-electron chi connectivity index (χ4n) is 3.53. The molecule has 3 aromatic rings. The molecule has 1 aliphatic heterocycles. The average molecular weight is 457 g/mol. The predicted molar refractivity (Wildman–Crippen MR) is 120 cm³/mol. The van der Waals surface area contributed by atoms with Crippen molar-refractivity contribution in [3.05, 3.63) is 88.9 Å². The van der Waals surface area contributed by atoms with Crippen molar-refractivity contribution in [3.63, 3.8) is 0 Å². The maximum absolute atomic E-state index is 13.4. The van der Waals surface area contributed by atoms with Crippen molar-refractivity contribution < 1.29 is 17.9 Å². The number of methoxy groups -OCH3 is 2. The van der Waals surface area contributed by atoms with Crippen molar-refractivity contribution in [1.29, 1.82) is 0 Å². The third-order valence-electron chi connectivity index (χ3n) is 5.13. The lowest BCUT2D eigenvalue weighted by molar-refractivity contribution is 0.355. The van der Waals surface area contributed by atoms with Crippen LogP contribution in [0.3, 0.4) is 0 Å². The first-order valence-electron chi connectivity index (χ1n) is 9.59. The molecular weight excluding hydrogens is 436 g/mol. The zero-order valence-electron chi connectivity index (χ0n) is 17.0. The van der Waals surface area contributed by atoms with Gasteiger partial charge < -0.3 is 9.47 Å². The van der Waals surface area contributed by atoms with Crippen molar-refractivity contribution in [3.8, 4) is 11.5 Å². The van der Waals surface area contributed by atoms with E-state index in [2.05, 4.69) is 5.10 Å². The lowest BCUT2D eigenvalue weighted by Gasteiger charge is -2.23. The van der Waals surface area contributed by atoms with E-state index in [-0.39, 0.29) is 4.90 Å². The highest BCUT2D eigenvalue weighted by Crippen LogP contribution is 2.38. The monoisotopic (exact) mass is 456 g/mol. The molecule has 1 unspecified atom stereocenters. The number of ether oxygens (including phenoxy) is 2. The minimum atomic E-state index is -3.86. The summed E-state index contributed by atoms with van der Waals surface area (Å²) in [6.45, 7) is 0. The van der Waals surface area contributed by atoms with Gasteiger partial charge in [0, 0.05) is 17.0 Å². The Balaban J connectivity index is 1.80. The van der Waals surface area contributed by atoms with E-state index in [1.165, 1.54) is 4.41 Å². The van der Waals surface area contributed by atoms with E-state index in [4.69, 9.17) is 21.1 Å². The molecule has 0 bridgehead atoms. The quantitative estimate of drug-likeness (QED) is 0.529. The van der Waals surface area contributed by atoms with Crippen molar-refractivity contribution in [1.82, 2.24) is 4.41 Å². The van der Waals surface area contributed by atoms with Crippen LogP contribution in [0, 0.1) is 0 Å². The summed E-state index contributed by atoms with van der Waals surface area (Å²) >= 11 is 6.04. The van der Waals surface area contributed by atoms with Gasteiger partial charge in [-0.3, -0.25) is 0 Å². The molecule has 0 aromatic heterocycles. The Hall–Kier alpha value is -3.03. The standard InChI is InChI=1S/C23H21ClN2O4S/c1-29-22-13-10-17(14-23(22)30-2)20-15-21(16-8-11-18(24)12-9-16)26(25-20)31(27,28)19-6-4-3-5-7-19/h3-14,21H,15H2,1-2H3. The summed E-state index contributed by atoms with van der Waals surface area (Å²) in [5, 5.41) is 5.13. The second kappa shape index (κ2) is 8.61. The summed E-state index contributed by atoms with van der Waals surface area (Å²) in [4.78, 5) is 0.186. The van der Waals surface area contributed by atoms with E-state index >= 15 is 0 Å². The van der Waals surface area contributed by atoms with Crippen LogP contribution in [0.4, 0.5) is 0 Å². The van der Waals surface area contributed by atoms with Crippen LogP contribution in [-0.4, -0.2) is 32.8 Å².